The highest BCUT2D eigenvalue weighted by molar-refractivity contribution is 7.89. The first-order chi connectivity index (χ1) is 9.56. The fraction of sp³-hybridized carbons (Fsp3) is 0.467. The zero-order chi connectivity index (χ0) is 15.0. The number of aliphatic hydroxyl groups is 1. The van der Waals surface area contributed by atoms with Gasteiger partial charge in [-0.15, -0.1) is 0 Å². The van der Waals surface area contributed by atoms with E-state index in [-0.39, 0.29) is 11.5 Å². The molecule has 0 bridgehead atoms. The van der Waals surface area contributed by atoms with Gasteiger partial charge in [0, 0.05) is 18.7 Å². The van der Waals surface area contributed by atoms with Gasteiger partial charge < -0.3 is 5.11 Å². The van der Waals surface area contributed by atoms with Crippen LogP contribution >= 0.6 is 0 Å². The molecule has 0 aliphatic heterocycles. The number of hydrogen-bond donors (Lipinski definition) is 1. The van der Waals surface area contributed by atoms with Gasteiger partial charge in [-0.1, -0.05) is 25.7 Å². The van der Waals surface area contributed by atoms with Crippen LogP contribution in [0.25, 0.3) is 0 Å². The number of sulfonamides is 1. The first-order valence-electron chi connectivity index (χ1n) is 6.76. The van der Waals surface area contributed by atoms with Gasteiger partial charge in [0.25, 0.3) is 0 Å². The molecule has 0 radical (unpaired) electrons. The lowest BCUT2D eigenvalue weighted by Crippen LogP contribution is -2.32. The molecule has 4 nitrogen and oxygen atoms in total. The molecule has 0 saturated carbocycles. The smallest absolute Gasteiger partial charge is 0.243 e. The van der Waals surface area contributed by atoms with Gasteiger partial charge in [0.05, 0.1) is 4.90 Å². The Morgan fingerprint density at radius 3 is 2.10 bits per heavy atom. The van der Waals surface area contributed by atoms with Crippen LogP contribution in [-0.2, 0) is 10.0 Å². The molecule has 0 spiro atoms. The van der Waals surface area contributed by atoms with E-state index in [1.165, 1.54) is 4.31 Å². The molecule has 1 rings (SSSR count). The van der Waals surface area contributed by atoms with E-state index in [0.717, 1.165) is 12.8 Å². The third-order valence-corrected chi connectivity index (χ3v) is 4.66. The number of aliphatic hydroxyl groups excluding tert-OH is 1. The van der Waals surface area contributed by atoms with E-state index in [1.807, 2.05) is 13.8 Å². The van der Waals surface area contributed by atoms with Gasteiger partial charge in [-0.2, -0.15) is 4.31 Å². The Morgan fingerprint density at radius 2 is 1.65 bits per heavy atom. The van der Waals surface area contributed by atoms with Gasteiger partial charge in [-0.3, -0.25) is 0 Å². The van der Waals surface area contributed by atoms with Crippen molar-refractivity contribution in [2.75, 3.05) is 19.7 Å². The second-order valence-corrected chi connectivity index (χ2v) is 6.33. The molecule has 5 heteroatoms. The summed E-state index contributed by atoms with van der Waals surface area (Å²) >= 11 is 0. The molecule has 110 valence electrons. The molecular formula is C15H21NO3S. The molecule has 20 heavy (non-hydrogen) atoms. The number of hydrogen-bond acceptors (Lipinski definition) is 3. The Labute approximate surface area is 121 Å². The van der Waals surface area contributed by atoms with Crippen LogP contribution in [0.1, 0.15) is 32.3 Å². The van der Waals surface area contributed by atoms with Crippen molar-refractivity contribution in [2.45, 2.75) is 31.6 Å². The molecule has 1 aromatic carbocycles. The molecule has 1 aromatic rings. The fourth-order valence-corrected chi connectivity index (χ4v) is 3.48. The zero-order valence-electron chi connectivity index (χ0n) is 12.0. The Hall–Kier alpha value is -1.35. The Kier molecular flexibility index (Phi) is 6.73. The predicted octanol–water partition coefficient (Wildman–Crippen LogP) is 1.84. The molecule has 0 aliphatic rings. The molecule has 0 atom stereocenters. The molecule has 0 amide bonds. The monoisotopic (exact) mass is 295 g/mol. The number of nitrogens with zero attached hydrogens (tertiary/aromatic N) is 1. The number of benzene rings is 1. The largest absolute Gasteiger partial charge is 0.384 e. The van der Waals surface area contributed by atoms with Crippen molar-refractivity contribution in [1.82, 2.24) is 4.31 Å². The molecule has 0 aliphatic carbocycles. The van der Waals surface area contributed by atoms with Crippen LogP contribution in [0.4, 0.5) is 0 Å². The van der Waals surface area contributed by atoms with Crippen LogP contribution in [0.3, 0.4) is 0 Å². The van der Waals surface area contributed by atoms with E-state index < -0.39 is 10.0 Å². The zero-order valence-corrected chi connectivity index (χ0v) is 12.8. The Bertz CT molecular complexity index is 561. The van der Waals surface area contributed by atoms with Crippen LogP contribution < -0.4 is 0 Å². The van der Waals surface area contributed by atoms with Crippen LogP contribution in [-0.4, -0.2) is 37.5 Å². The summed E-state index contributed by atoms with van der Waals surface area (Å²) in [5, 5.41) is 8.63. The lowest BCUT2D eigenvalue weighted by Gasteiger charge is -2.20. The summed E-state index contributed by atoms with van der Waals surface area (Å²) in [4.78, 5) is 0.286. The van der Waals surface area contributed by atoms with Crippen molar-refractivity contribution >= 4 is 10.0 Å². The average molecular weight is 295 g/mol. The topological polar surface area (TPSA) is 57.6 Å². The summed E-state index contributed by atoms with van der Waals surface area (Å²) in [6.45, 7) is 4.78. The summed E-state index contributed by atoms with van der Waals surface area (Å²) in [6.07, 6.45) is 1.58. The first-order valence-corrected chi connectivity index (χ1v) is 8.20. The van der Waals surface area contributed by atoms with E-state index >= 15 is 0 Å². The van der Waals surface area contributed by atoms with Gasteiger partial charge in [0.1, 0.15) is 6.61 Å². The Balaban J connectivity index is 3.02. The second-order valence-electron chi connectivity index (χ2n) is 4.39. The maximum absolute atomic E-state index is 12.5. The lowest BCUT2D eigenvalue weighted by atomic mass is 10.2. The van der Waals surface area contributed by atoms with Crippen molar-refractivity contribution in [3.63, 3.8) is 0 Å². The minimum atomic E-state index is -3.43. The number of rotatable bonds is 6. The average Bonchev–Trinajstić information content (AvgIpc) is 2.45. The van der Waals surface area contributed by atoms with E-state index in [1.54, 1.807) is 24.3 Å². The molecule has 0 saturated heterocycles. The van der Waals surface area contributed by atoms with E-state index in [0.29, 0.717) is 18.7 Å². The van der Waals surface area contributed by atoms with Crippen molar-refractivity contribution < 1.29 is 13.5 Å². The van der Waals surface area contributed by atoms with Gasteiger partial charge >= 0.3 is 0 Å². The highest BCUT2D eigenvalue weighted by atomic mass is 32.2. The molecular weight excluding hydrogens is 274 g/mol. The van der Waals surface area contributed by atoms with Crippen LogP contribution in [0.5, 0.6) is 0 Å². The highest BCUT2D eigenvalue weighted by Crippen LogP contribution is 2.17. The highest BCUT2D eigenvalue weighted by Gasteiger charge is 2.22. The quantitative estimate of drug-likeness (QED) is 0.815. The van der Waals surface area contributed by atoms with Gasteiger partial charge in [-0.05, 0) is 37.1 Å². The van der Waals surface area contributed by atoms with E-state index in [4.69, 9.17) is 5.11 Å². The van der Waals surface area contributed by atoms with Gasteiger partial charge in [0.2, 0.25) is 10.0 Å². The summed E-state index contributed by atoms with van der Waals surface area (Å²) in [7, 11) is -3.43. The maximum atomic E-state index is 12.5. The summed E-state index contributed by atoms with van der Waals surface area (Å²) in [5.74, 6) is 5.28. The van der Waals surface area contributed by atoms with Crippen LogP contribution in [0, 0.1) is 11.8 Å². The molecule has 0 aromatic heterocycles. The molecule has 0 heterocycles. The molecule has 1 N–H and O–H groups in total. The fourth-order valence-electron chi connectivity index (χ4n) is 1.85. The maximum Gasteiger partial charge on any atom is 0.243 e. The van der Waals surface area contributed by atoms with E-state index in [2.05, 4.69) is 11.8 Å². The second kappa shape index (κ2) is 8.05. The van der Waals surface area contributed by atoms with Gasteiger partial charge in [0.15, 0.2) is 0 Å². The first kappa shape index (κ1) is 16.7. The van der Waals surface area contributed by atoms with E-state index in [9.17, 15) is 8.42 Å². The lowest BCUT2D eigenvalue weighted by molar-refractivity contribution is 0.350. The SMILES string of the molecule is CCCN(CCC)S(=O)(=O)c1ccc(C#CCO)cc1. The molecule has 0 fully saturated rings. The Morgan fingerprint density at radius 1 is 1.10 bits per heavy atom. The van der Waals surface area contributed by atoms with Crippen molar-refractivity contribution in [3.05, 3.63) is 29.8 Å². The minimum Gasteiger partial charge on any atom is -0.384 e. The van der Waals surface area contributed by atoms with Crippen molar-refractivity contribution in [1.29, 1.82) is 0 Å². The third-order valence-electron chi connectivity index (χ3n) is 2.75. The summed E-state index contributed by atoms with van der Waals surface area (Å²) < 4.78 is 26.5. The van der Waals surface area contributed by atoms with Gasteiger partial charge in [-0.25, -0.2) is 8.42 Å². The third kappa shape index (κ3) is 4.34. The normalized spacial score (nSPS) is 11.2. The van der Waals surface area contributed by atoms with Crippen LogP contribution in [0.15, 0.2) is 29.2 Å². The predicted molar refractivity (Wildman–Crippen MR) is 79.7 cm³/mol. The van der Waals surface area contributed by atoms with Crippen molar-refractivity contribution in [3.8, 4) is 11.8 Å². The van der Waals surface area contributed by atoms with Crippen LogP contribution in [0.2, 0.25) is 0 Å². The minimum absolute atomic E-state index is 0.208. The standard InChI is InChI=1S/C15H21NO3S/c1-3-11-16(12-4-2)20(18,19)15-9-7-14(8-10-15)6-5-13-17/h7-10,17H,3-4,11-13H2,1-2H3. The van der Waals surface area contributed by atoms with Crippen molar-refractivity contribution in [2.24, 2.45) is 0 Å². The summed E-state index contributed by atoms with van der Waals surface area (Å²) in [6, 6.07) is 6.45. The summed E-state index contributed by atoms with van der Waals surface area (Å²) in [5.41, 5.74) is 0.690. The molecule has 0 unspecified atom stereocenters.